The number of rotatable bonds is 7. The molecule has 2 heterocycles. The van der Waals surface area contributed by atoms with Gasteiger partial charge in [-0.3, -0.25) is 9.56 Å². The summed E-state index contributed by atoms with van der Waals surface area (Å²) in [4.78, 5) is 10.0. The lowest BCUT2D eigenvalue weighted by molar-refractivity contribution is 0.664. The van der Waals surface area contributed by atoms with Crippen LogP contribution in [0.25, 0.3) is 44.7 Å². The molecule has 0 saturated carbocycles. The zero-order chi connectivity index (χ0) is 34.0. The molecule has 1 aromatic heterocycles. The number of imidazole rings is 1. The number of aliphatic imine (C=N–C) groups is 1. The van der Waals surface area contributed by atoms with Gasteiger partial charge in [0.15, 0.2) is 0 Å². The van der Waals surface area contributed by atoms with Gasteiger partial charge in [-0.2, -0.15) is 5.26 Å². The van der Waals surface area contributed by atoms with Gasteiger partial charge in [0.1, 0.15) is 12.0 Å². The summed E-state index contributed by atoms with van der Waals surface area (Å²) in [6, 6.07) is 54.4. The Balaban J connectivity index is 1.07. The molecule has 0 spiro atoms. The van der Waals surface area contributed by atoms with Gasteiger partial charge in [0.05, 0.1) is 28.4 Å². The van der Waals surface area contributed by atoms with Gasteiger partial charge in [0.2, 0.25) is 0 Å². The first-order valence-electron chi connectivity index (χ1n) is 17.0. The van der Waals surface area contributed by atoms with Crippen molar-refractivity contribution >= 4 is 22.4 Å². The molecule has 5 heteroatoms. The lowest BCUT2D eigenvalue weighted by atomic mass is 9.94. The summed E-state index contributed by atoms with van der Waals surface area (Å²) in [5.74, 6) is 1.32. The molecule has 1 unspecified atom stereocenters. The average Bonchev–Trinajstić information content (AvgIpc) is 3.59. The van der Waals surface area contributed by atoms with Gasteiger partial charge in [0.25, 0.3) is 0 Å². The molecule has 6 aromatic carbocycles. The van der Waals surface area contributed by atoms with Gasteiger partial charge in [-0.05, 0) is 75.4 Å². The van der Waals surface area contributed by atoms with E-state index in [1.165, 1.54) is 0 Å². The minimum absolute atomic E-state index is 0.253. The van der Waals surface area contributed by atoms with Crippen molar-refractivity contribution in [1.82, 2.24) is 14.9 Å². The van der Waals surface area contributed by atoms with Crippen molar-refractivity contribution in [3.05, 3.63) is 186 Å². The fourth-order valence-electron chi connectivity index (χ4n) is 6.66. The molecule has 0 saturated heterocycles. The molecule has 240 valence electrons. The van der Waals surface area contributed by atoms with Crippen LogP contribution < -0.4 is 5.32 Å². The van der Waals surface area contributed by atoms with Gasteiger partial charge in [-0.25, -0.2) is 4.98 Å². The molecule has 1 atom stereocenters. The van der Waals surface area contributed by atoms with E-state index in [1.807, 2.05) is 48.5 Å². The Morgan fingerprint density at radius 1 is 0.660 bits per heavy atom. The number of allylic oxidation sites excluding steroid dienone is 1. The first kappa shape index (κ1) is 30.8. The van der Waals surface area contributed by atoms with E-state index in [-0.39, 0.29) is 12.1 Å². The molecule has 50 heavy (non-hydrogen) atoms. The summed E-state index contributed by atoms with van der Waals surface area (Å²) in [6.07, 6.45) is 1.86. The largest absolute Gasteiger partial charge is 0.360 e. The van der Waals surface area contributed by atoms with E-state index in [4.69, 9.17) is 9.98 Å². The first-order chi connectivity index (χ1) is 24.6. The monoisotopic (exact) mass is 645 g/mol. The predicted octanol–water partition coefficient (Wildman–Crippen LogP) is 10.5. The Bertz CT molecular complexity index is 2410. The van der Waals surface area contributed by atoms with Crippen LogP contribution in [-0.4, -0.2) is 15.3 Å². The lowest BCUT2D eigenvalue weighted by Crippen LogP contribution is -2.24. The van der Waals surface area contributed by atoms with Crippen molar-refractivity contribution in [2.45, 2.75) is 25.9 Å². The number of nitrogens with zero attached hydrogens (tertiary/aromatic N) is 4. The molecule has 7 aromatic rings. The van der Waals surface area contributed by atoms with E-state index >= 15 is 0 Å². The molecule has 8 rings (SSSR count). The van der Waals surface area contributed by atoms with Crippen molar-refractivity contribution in [3.63, 3.8) is 0 Å². The Kier molecular flexibility index (Phi) is 8.12. The van der Waals surface area contributed by atoms with Crippen molar-refractivity contribution in [3.8, 4) is 34.0 Å². The van der Waals surface area contributed by atoms with Crippen LogP contribution in [0.15, 0.2) is 163 Å². The third-order valence-corrected chi connectivity index (χ3v) is 9.24. The lowest BCUT2D eigenvalue weighted by Gasteiger charge is -2.25. The van der Waals surface area contributed by atoms with Crippen LogP contribution >= 0.6 is 0 Å². The van der Waals surface area contributed by atoms with Crippen LogP contribution in [-0.2, 0) is 0 Å². The highest BCUT2D eigenvalue weighted by molar-refractivity contribution is 6.13. The van der Waals surface area contributed by atoms with E-state index < -0.39 is 0 Å². The number of nitriles is 1. The Morgan fingerprint density at radius 3 is 2.00 bits per heavy atom. The minimum Gasteiger partial charge on any atom is -0.360 e. The van der Waals surface area contributed by atoms with Crippen LogP contribution in [0.4, 0.5) is 0 Å². The Labute approximate surface area is 292 Å². The number of para-hydroxylation sites is 2. The van der Waals surface area contributed by atoms with Crippen LogP contribution in [0.2, 0.25) is 0 Å². The number of fused-ring (bicyclic) bond motifs is 1. The van der Waals surface area contributed by atoms with E-state index in [1.54, 1.807) is 0 Å². The molecule has 1 N–H and O–H groups in total. The molecule has 5 nitrogen and oxygen atoms in total. The second kappa shape index (κ2) is 13.2. The van der Waals surface area contributed by atoms with Gasteiger partial charge in [-0.15, -0.1) is 0 Å². The van der Waals surface area contributed by atoms with Gasteiger partial charge in [0, 0.05) is 17.3 Å². The topological polar surface area (TPSA) is 66.0 Å². The molecular formula is C45H35N5. The zero-order valence-electron chi connectivity index (χ0n) is 28.0. The molecule has 0 amide bonds. The third-order valence-electron chi connectivity index (χ3n) is 9.24. The van der Waals surface area contributed by atoms with Crippen LogP contribution in [0.1, 0.15) is 54.0 Å². The second-order valence-corrected chi connectivity index (χ2v) is 12.8. The smallest absolute Gasteiger partial charge is 0.145 e. The van der Waals surface area contributed by atoms with Crippen molar-refractivity contribution in [2.24, 2.45) is 4.99 Å². The second-order valence-electron chi connectivity index (χ2n) is 12.8. The number of aromatic nitrogens is 2. The number of hydrogen-bond acceptors (Lipinski definition) is 4. The molecule has 1 aliphatic heterocycles. The van der Waals surface area contributed by atoms with Crippen molar-refractivity contribution in [2.75, 3.05) is 0 Å². The van der Waals surface area contributed by atoms with Crippen LogP contribution in [0, 0.1) is 11.3 Å². The Hall–Kier alpha value is -6.51. The van der Waals surface area contributed by atoms with E-state index in [9.17, 15) is 5.26 Å². The highest BCUT2D eigenvalue weighted by atomic mass is 15.1. The van der Waals surface area contributed by atoms with Crippen LogP contribution in [0.3, 0.4) is 0 Å². The standard InChI is InChI=1S/C45H35N5/c1-30(2)45-49-40-15-9-10-16-43(40)50(45)38-24-21-31(22-25-38)36-23-26-39(37(27-36)29-46)32-17-19-35(20-18-32)44-47-41(33-11-5-3-6-12-33)28-42(48-44)34-13-7-4-8-14-34/h3-28,30,44,47H,1-2H3. The first-order valence-corrected chi connectivity index (χ1v) is 17.0. The van der Waals surface area contributed by atoms with Crippen LogP contribution in [0.5, 0.6) is 0 Å². The normalized spacial score (nSPS) is 14.2. The molecule has 0 fully saturated rings. The van der Waals surface area contributed by atoms with Crippen molar-refractivity contribution in [1.29, 1.82) is 5.26 Å². The van der Waals surface area contributed by atoms with Gasteiger partial charge < -0.3 is 5.32 Å². The number of benzene rings is 6. The summed E-state index contributed by atoms with van der Waals surface area (Å²) in [5.41, 5.74) is 13.0. The number of nitrogens with one attached hydrogen (secondary N) is 1. The molecule has 0 bridgehead atoms. The summed E-state index contributed by atoms with van der Waals surface area (Å²) in [5, 5.41) is 13.9. The Morgan fingerprint density at radius 2 is 1.30 bits per heavy atom. The van der Waals surface area contributed by atoms with Gasteiger partial charge >= 0.3 is 0 Å². The van der Waals surface area contributed by atoms with Gasteiger partial charge in [-0.1, -0.05) is 135 Å². The summed E-state index contributed by atoms with van der Waals surface area (Å²) >= 11 is 0. The highest BCUT2D eigenvalue weighted by Crippen LogP contribution is 2.33. The zero-order valence-corrected chi connectivity index (χ0v) is 28.0. The fraction of sp³-hybridized carbons (Fsp3) is 0.0889. The summed E-state index contributed by atoms with van der Waals surface area (Å²) in [7, 11) is 0. The third kappa shape index (κ3) is 5.89. The molecule has 1 aliphatic rings. The van der Waals surface area contributed by atoms with E-state index in [0.717, 1.165) is 72.9 Å². The van der Waals surface area contributed by atoms with Crippen molar-refractivity contribution < 1.29 is 0 Å². The maximum Gasteiger partial charge on any atom is 0.145 e. The van der Waals surface area contributed by atoms with E-state index in [2.05, 4.69) is 139 Å². The molecule has 0 aliphatic carbocycles. The van der Waals surface area contributed by atoms with E-state index in [0.29, 0.717) is 5.56 Å². The quantitative estimate of drug-likeness (QED) is 0.188. The highest BCUT2D eigenvalue weighted by Gasteiger charge is 2.20. The maximum absolute atomic E-state index is 10.2. The summed E-state index contributed by atoms with van der Waals surface area (Å²) < 4.78 is 2.24. The molecular weight excluding hydrogens is 611 g/mol. The SMILES string of the molecule is CC(C)c1nc2ccccc2n1-c1ccc(-c2ccc(-c3ccc(C4N=C(c5ccccc5)C=C(c5ccccc5)N4)cc3)c(C#N)c2)cc1. The average molecular weight is 646 g/mol. The minimum atomic E-state index is -0.253. The maximum atomic E-state index is 10.2. The molecule has 0 radical (unpaired) electrons. The predicted molar refractivity (Wildman–Crippen MR) is 204 cm³/mol. The summed E-state index contributed by atoms with van der Waals surface area (Å²) in [6.45, 7) is 4.35. The fourth-order valence-corrected chi connectivity index (χ4v) is 6.66. The number of hydrogen-bond donors (Lipinski definition) is 1.